The zero-order chi connectivity index (χ0) is 16.1. The van der Waals surface area contributed by atoms with Crippen molar-refractivity contribution >= 4 is 16.7 Å². The molecule has 23 heavy (non-hydrogen) atoms. The van der Waals surface area contributed by atoms with Crippen molar-refractivity contribution < 1.29 is 9.53 Å². The molecule has 1 atom stereocenters. The summed E-state index contributed by atoms with van der Waals surface area (Å²) in [7, 11) is 0. The van der Waals surface area contributed by atoms with E-state index in [0.29, 0.717) is 6.54 Å². The summed E-state index contributed by atoms with van der Waals surface area (Å²) in [6.45, 7) is 2.27. The minimum atomic E-state index is -0.551. The molecule has 1 amide bonds. The summed E-state index contributed by atoms with van der Waals surface area (Å²) in [5.74, 6) is 0.604. The predicted octanol–water partition coefficient (Wildman–Crippen LogP) is 3.92. The van der Waals surface area contributed by atoms with Gasteiger partial charge in [-0.15, -0.1) is 0 Å². The first kappa shape index (κ1) is 15.1. The van der Waals surface area contributed by atoms with Gasteiger partial charge in [-0.2, -0.15) is 0 Å². The van der Waals surface area contributed by atoms with E-state index in [0.717, 1.165) is 22.1 Å². The van der Waals surface area contributed by atoms with Gasteiger partial charge >= 0.3 is 0 Å². The molecule has 3 aromatic carbocycles. The van der Waals surface area contributed by atoms with Gasteiger partial charge in [-0.05, 0) is 23.9 Å². The first-order valence-electron chi connectivity index (χ1n) is 7.70. The second kappa shape index (κ2) is 6.97. The zero-order valence-electron chi connectivity index (χ0n) is 13.0. The number of hydrogen-bond acceptors (Lipinski definition) is 2. The van der Waals surface area contributed by atoms with Gasteiger partial charge in [0.05, 0.1) is 0 Å². The maximum Gasteiger partial charge on any atom is 0.261 e. The molecule has 3 heteroatoms. The number of amides is 1. The number of fused-ring (bicyclic) bond motifs is 1. The molecule has 3 aromatic rings. The summed E-state index contributed by atoms with van der Waals surface area (Å²) in [5.41, 5.74) is 1.07. The van der Waals surface area contributed by atoms with Crippen LogP contribution >= 0.6 is 0 Å². The Labute approximate surface area is 135 Å². The molecule has 0 saturated heterocycles. The molecule has 0 fully saturated rings. The molecule has 0 aliphatic carbocycles. The van der Waals surface area contributed by atoms with Gasteiger partial charge < -0.3 is 10.1 Å². The number of rotatable bonds is 5. The molecule has 0 bridgehead atoms. The molecule has 3 nitrogen and oxygen atoms in total. The van der Waals surface area contributed by atoms with Crippen LogP contribution in [0.15, 0.2) is 72.8 Å². The van der Waals surface area contributed by atoms with E-state index in [9.17, 15) is 4.79 Å². The molecule has 3 rings (SSSR count). The van der Waals surface area contributed by atoms with E-state index in [-0.39, 0.29) is 5.91 Å². The molecule has 0 aliphatic rings. The Morgan fingerprint density at radius 3 is 2.48 bits per heavy atom. The fraction of sp³-hybridized carbons (Fsp3) is 0.150. The topological polar surface area (TPSA) is 38.3 Å². The number of benzene rings is 3. The summed E-state index contributed by atoms with van der Waals surface area (Å²) in [6.07, 6.45) is -0.551. The molecule has 0 heterocycles. The standard InChI is InChI=1S/C20H19NO2/c1-15(20(22)21-14-16-8-3-2-4-9-16)23-19-13-7-11-17-10-5-6-12-18(17)19/h2-13,15H,14H2,1H3,(H,21,22)/t15-/m0/s1. The van der Waals surface area contributed by atoms with Crippen molar-refractivity contribution in [3.63, 3.8) is 0 Å². The Morgan fingerprint density at radius 2 is 1.65 bits per heavy atom. The van der Waals surface area contributed by atoms with Crippen LogP contribution in [0, 0.1) is 0 Å². The van der Waals surface area contributed by atoms with Crippen molar-refractivity contribution in [1.82, 2.24) is 5.32 Å². The Balaban J connectivity index is 1.66. The lowest BCUT2D eigenvalue weighted by atomic mass is 10.1. The Kier molecular flexibility index (Phi) is 4.57. The minimum Gasteiger partial charge on any atom is -0.480 e. The van der Waals surface area contributed by atoms with Crippen LogP contribution in [0.4, 0.5) is 0 Å². The van der Waals surface area contributed by atoms with E-state index in [1.807, 2.05) is 72.8 Å². The summed E-state index contributed by atoms with van der Waals surface area (Å²) >= 11 is 0. The Hall–Kier alpha value is -2.81. The van der Waals surface area contributed by atoms with Crippen LogP contribution in [-0.2, 0) is 11.3 Å². The SMILES string of the molecule is C[C@H](Oc1cccc2ccccc12)C(=O)NCc1ccccc1. The van der Waals surface area contributed by atoms with Gasteiger partial charge in [-0.25, -0.2) is 0 Å². The number of hydrogen-bond donors (Lipinski definition) is 1. The highest BCUT2D eigenvalue weighted by atomic mass is 16.5. The molecule has 0 spiro atoms. The van der Waals surface area contributed by atoms with E-state index in [1.165, 1.54) is 0 Å². The highest BCUT2D eigenvalue weighted by Crippen LogP contribution is 2.26. The largest absolute Gasteiger partial charge is 0.480 e. The van der Waals surface area contributed by atoms with Gasteiger partial charge in [0.1, 0.15) is 5.75 Å². The third kappa shape index (κ3) is 3.69. The van der Waals surface area contributed by atoms with E-state index in [1.54, 1.807) is 6.92 Å². The summed E-state index contributed by atoms with van der Waals surface area (Å²) in [5, 5.41) is 5.01. The van der Waals surface area contributed by atoms with Crippen LogP contribution in [0.3, 0.4) is 0 Å². The van der Waals surface area contributed by atoms with Gasteiger partial charge in [-0.3, -0.25) is 4.79 Å². The second-order valence-corrected chi connectivity index (χ2v) is 5.44. The van der Waals surface area contributed by atoms with Gasteiger partial charge in [0, 0.05) is 11.9 Å². The normalized spacial score (nSPS) is 11.9. The Bertz CT molecular complexity index is 794. The van der Waals surface area contributed by atoms with Crippen molar-refractivity contribution in [3.8, 4) is 5.75 Å². The molecule has 116 valence electrons. The predicted molar refractivity (Wildman–Crippen MR) is 92.3 cm³/mol. The van der Waals surface area contributed by atoms with E-state index in [2.05, 4.69) is 5.32 Å². The van der Waals surface area contributed by atoms with E-state index in [4.69, 9.17) is 4.74 Å². The lowest BCUT2D eigenvalue weighted by molar-refractivity contribution is -0.127. The van der Waals surface area contributed by atoms with Gasteiger partial charge in [-0.1, -0.05) is 66.7 Å². The van der Waals surface area contributed by atoms with Crippen LogP contribution in [0.1, 0.15) is 12.5 Å². The maximum absolute atomic E-state index is 12.2. The monoisotopic (exact) mass is 305 g/mol. The molecule has 0 unspecified atom stereocenters. The first-order valence-corrected chi connectivity index (χ1v) is 7.70. The number of carbonyl (C=O) groups excluding carboxylic acids is 1. The zero-order valence-corrected chi connectivity index (χ0v) is 13.0. The summed E-state index contributed by atoms with van der Waals surface area (Å²) in [4.78, 5) is 12.2. The summed E-state index contributed by atoms with van der Waals surface area (Å²) < 4.78 is 5.87. The van der Waals surface area contributed by atoms with Crippen LogP contribution < -0.4 is 10.1 Å². The molecule has 0 saturated carbocycles. The fourth-order valence-electron chi connectivity index (χ4n) is 2.47. The van der Waals surface area contributed by atoms with Crippen LogP contribution in [0.2, 0.25) is 0 Å². The van der Waals surface area contributed by atoms with E-state index < -0.39 is 6.10 Å². The first-order chi connectivity index (χ1) is 11.2. The lowest BCUT2D eigenvalue weighted by Crippen LogP contribution is -2.35. The van der Waals surface area contributed by atoms with Crippen LogP contribution in [0.5, 0.6) is 5.75 Å². The number of carbonyl (C=O) groups is 1. The molecule has 0 radical (unpaired) electrons. The van der Waals surface area contributed by atoms with Crippen molar-refractivity contribution in [1.29, 1.82) is 0 Å². The maximum atomic E-state index is 12.2. The van der Waals surface area contributed by atoms with Crippen LogP contribution in [-0.4, -0.2) is 12.0 Å². The summed E-state index contributed by atoms with van der Waals surface area (Å²) in [6, 6.07) is 23.7. The van der Waals surface area contributed by atoms with Crippen molar-refractivity contribution in [3.05, 3.63) is 78.4 Å². The fourth-order valence-corrected chi connectivity index (χ4v) is 2.47. The molecular weight excluding hydrogens is 286 g/mol. The van der Waals surface area contributed by atoms with Crippen LogP contribution in [0.25, 0.3) is 10.8 Å². The molecular formula is C20H19NO2. The molecule has 0 aromatic heterocycles. The Morgan fingerprint density at radius 1 is 0.957 bits per heavy atom. The number of ether oxygens (including phenoxy) is 1. The highest BCUT2D eigenvalue weighted by Gasteiger charge is 2.15. The molecule has 0 aliphatic heterocycles. The average molecular weight is 305 g/mol. The highest BCUT2D eigenvalue weighted by molar-refractivity contribution is 5.89. The van der Waals surface area contributed by atoms with E-state index >= 15 is 0 Å². The van der Waals surface area contributed by atoms with Crippen molar-refractivity contribution in [2.75, 3.05) is 0 Å². The third-order valence-corrected chi connectivity index (χ3v) is 3.73. The van der Waals surface area contributed by atoms with Gasteiger partial charge in [0.25, 0.3) is 5.91 Å². The van der Waals surface area contributed by atoms with Crippen molar-refractivity contribution in [2.45, 2.75) is 19.6 Å². The smallest absolute Gasteiger partial charge is 0.261 e. The minimum absolute atomic E-state index is 0.123. The average Bonchev–Trinajstić information content (AvgIpc) is 2.61. The van der Waals surface area contributed by atoms with Crippen molar-refractivity contribution in [2.24, 2.45) is 0 Å². The van der Waals surface area contributed by atoms with Gasteiger partial charge in [0.2, 0.25) is 0 Å². The lowest BCUT2D eigenvalue weighted by Gasteiger charge is -2.16. The molecule has 1 N–H and O–H groups in total. The van der Waals surface area contributed by atoms with Gasteiger partial charge in [0.15, 0.2) is 6.10 Å². The third-order valence-electron chi connectivity index (χ3n) is 3.73. The quantitative estimate of drug-likeness (QED) is 0.776. The number of nitrogens with one attached hydrogen (secondary N) is 1. The second-order valence-electron chi connectivity index (χ2n) is 5.44.